The zero-order valence-corrected chi connectivity index (χ0v) is 7.16. The average Bonchev–Trinajstić information content (AvgIpc) is 2.07. The third-order valence-electron chi connectivity index (χ3n) is 1.35. The molecule has 0 saturated carbocycles. The molecule has 0 spiro atoms. The molecule has 1 heterocycles. The van der Waals surface area contributed by atoms with Crippen molar-refractivity contribution in [1.82, 2.24) is 4.98 Å². The summed E-state index contributed by atoms with van der Waals surface area (Å²) >= 11 is 5.14. The number of hydrogen-bond donors (Lipinski definition) is 0. The quantitative estimate of drug-likeness (QED) is 0.419. The minimum atomic E-state index is -5.07. The van der Waals surface area contributed by atoms with E-state index in [1.165, 1.54) is 0 Å². The molecule has 0 saturated heterocycles. The van der Waals surface area contributed by atoms with E-state index in [9.17, 15) is 22.4 Å². The van der Waals surface area contributed by atoms with E-state index in [1.54, 1.807) is 0 Å². The highest BCUT2D eigenvalue weighted by Gasteiger charge is 2.40. The summed E-state index contributed by atoms with van der Waals surface area (Å²) in [7, 11) is 0. The fourth-order valence-corrected chi connectivity index (χ4v) is 0.944. The summed E-state index contributed by atoms with van der Waals surface area (Å²) in [6.07, 6.45) is -4.34. The third-order valence-corrected chi connectivity index (χ3v) is 1.71. The molecule has 0 aliphatic heterocycles. The van der Waals surface area contributed by atoms with Crippen molar-refractivity contribution in [2.45, 2.75) is 6.18 Å². The molecule has 0 bridgehead atoms. The second-order valence-electron chi connectivity index (χ2n) is 2.29. The molecule has 1 aromatic rings. The van der Waals surface area contributed by atoms with Gasteiger partial charge in [0.25, 0.3) is 5.78 Å². The molecular weight excluding hydrogens is 226 g/mol. The number of pyridine rings is 1. The molecule has 0 radical (unpaired) electrons. The zero-order chi connectivity index (χ0) is 10.9. The SMILES string of the molecule is O=C(c1ccnc(F)c1Cl)C(F)(F)F. The maximum absolute atomic E-state index is 12.6. The standard InChI is InChI=1S/C7H2ClF4NO/c8-4-3(1-2-13-6(4)9)5(14)7(10,11)12/h1-2H. The van der Waals surface area contributed by atoms with Crippen LogP contribution < -0.4 is 0 Å². The first-order valence-electron chi connectivity index (χ1n) is 3.25. The Labute approximate surface area is 80.5 Å². The zero-order valence-electron chi connectivity index (χ0n) is 6.40. The summed E-state index contributed by atoms with van der Waals surface area (Å²) in [6, 6.07) is 0.710. The molecule has 76 valence electrons. The lowest BCUT2D eigenvalue weighted by atomic mass is 10.2. The molecule has 0 aliphatic carbocycles. The van der Waals surface area contributed by atoms with Crippen molar-refractivity contribution in [3.63, 3.8) is 0 Å². The first-order valence-corrected chi connectivity index (χ1v) is 3.63. The van der Waals surface area contributed by atoms with Gasteiger partial charge in [-0.15, -0.1) is 0 Å². The highest BCUT2D eigenvalue weighted by molar-refractivity contribution is 6.34. The Balaban J connectivity index is 3.21. The van der Waals surface area contributed by atoms with Crippen molar-refractivity contribution in [1.29, 1.82) is 0 Å². The van der Waals surface area contributed by atoms with Gasteiger partial charge in [-0.05, 0) is 6.07 Å². The molecule has 0 amide bonds. The van der Waals surface area contributed by atoms with Gasteiger partial charge in [-0.2, -0.15) is 17.6 Å². The molecule has 0 N–H and O–H groups in total. The van der Waals surface area contributed by atoms with Gasteiger partial charge in [-0.1, -0.05) is 11.6 Å². The molecule has 0 aliphatic rings. The van der Waals surface area contributed by atoms with Crippen molar-refractivity contribution >= 4 is 17.4 Å². The Kier molecular flexibility index (Phi) is 2.75. The Morgan fingerprint density at radius 2 is 2.00 bits per heavy atom. The number of halogens is 5. The minimum absolute atomic E-state index is 0.710. The molecule has 7 heteroatoms. The number of Topliss-reactive ketones (excluding diaryl/α,β-unsaturated/α-hetero) is 1. The van der Waals surface area contributed by atoms with Gasteiger partial charge in [0.15, 0.2) is 0 Å². The van der Waals surface area contributed by atoms with Gasteiger partial charge in [0, 0.05) is 6.20 Å². The third kappa shape index (κ3) is 2.01. The molecule has 0 atom stereocenters. The Morgan fingerprint density at radius 1 is 1.43 bits per heavy atom. The number of rotatable bonds is 1. The minimum Gasteiger partial charge on any atom is -0.284 e. The van der Waals surface area contributed by atoms with E-state index in [1.807, 2.05) is 0 Å². The van der Waals surface area contributed by atoms with E-state index < -0.39 is 28.5 Å². The number of nitrogens with zero attached hydrogens (tertiary/aromatic N) is 1. The average molecular weight is 228 g/mol. The topological polar surface area (TPSA) is 30.0 Å². The van der Waals surface area contributed by atoms with E-state index in [4.69, 9.17) is 11.6 Å². The van der Waals surface area contributed by atoms with E-state index in [-0.39, 0.29) is 0 Å². The van der Waals surface area contributed by atoms with Crippen LogP contribution >= 0.6 is 11.6 Å². The molecule has 1 aromatic heterocycles. The summed E-state index contributed by atoms with van der Waals surface area (Å²) in [6.45, 7) is 0. The molecule has 14 heavy (non-hydrogen) atoms. The van der Waals surface area contributed by atoms with Crippen LogP contribution in [-0.2, 0) is 0 Å². The maximum Gasteiger partial charge on any atom is 0.454 e. The van der Waals surface area contributed by atoms with Gasteiger partial charge >= 0.3 is 6.18 Å². The second kappa shape index (κ2) is 3.53. The summed E-state index contributed by atoms with van der Waals surface area (Å²) < 4.78 is 48.3. The van der Waals surface area contributed by atoms with Gasteiger partial charge in [-0.3, -0.25) is 4.79 Å². The van der Waals surface area contributed by atoms with Crippen molar-refractivity contribution < 1.29 is 22.4 Å². The lowest BCUT2D eigenvalue weighted by Gasteiger charge is -2.06. The van der Waals surface area contributed by atoms with E-state index in [0.717, 1.165) is 6.20 Å². The summed E-state index contributed by atoms with van der Waals surface area (Å²) in [4.78, 5) is 13.6. The van der Waals surface area contributed by atoms with E-state index in [2.05, 4.69) is 4.98 Å². The smallest absolute Gasteiger partial charge is 0.284 e. The first-order chi connectivity index (χ1) is 6.34. The van der Waals surface area contributed by atoms with Crippen molar-refractivity contribution in [3.8, 4) is 0 Å². The van der Waals surface area contributed by atoms with Gasteiger partial charge in [0.05, 0.1) is 5.56 Å². The van der Waals surface area contributed by atoms with Crippen LogP contribution in [0.4, 0.5) is 17.6 Å². The molecule has 0 unspecified atom stereocenters. The van der Waals surface area contributed by atoms with E-state index in [0.29, 0.717) is 6.07 Å². The Morgan fingerprint density at radius 3 is 2.50 bits per heavy atom. The highest BCUT2D eigenvalue weighted by Crippen LogP contribution is 2.26. The molecule has 0 fully saturated rings. The van der Waals surface area contributed by atoms with Crippen LogP contribution in [0.2, 0.25) is 5.02 Å². The lowest BCUT2D eigenvalue weighted by Crippen LogP contribution is -2.23. The Hall–Kier alpha value is -1.17. The van der Waals surface area contributed by atoms with Gasteiger partial charge < -0.3 is 0 Å². The summed E-state index contributed by atoms with van der Waals surface area (Å²) in [5.41, 5.74) is -0.938. The Bertz CT molecular complexity index is 376. The summed E-state index contributed by atoms with van der Waals surface area (Å²) in [5, 5.41) is -0.921. The number of carbonyl (C=O) groups is 1. The van der Waals surface area contributed by atoms with Gasteiger partial charge in [-0.25, -0.2) is 4.98 Å². The number of hydrogen-bond acceptors (Lipinski definition) is 2. The van der Waals surface area contributed by atoms with Gasteiger partial charge in [0.2, 0.25) is 5.95 Å². The number of carbonyl (C=O) groups excluding carboxylic acids is 1. The highest BCUT2D eigenvalue weighted by atomic mass is 35.5. The van der Waals surface area contributed by atoms with Gasteiger partial charge in [0.1, 0.15) is 5.02 Å². The molecule has 0 aromatic carbocycles. The van der Waals surface area contributed by atoms with Crippen molar-refractivity contribution in [3.05, 3.63) is 28.8 Å². The predicted octanol–water partition coefficient (Wildman–Crippen LogP) is 2.62. The first kappa shape index (κ1) is 10.9. The van der Waals surface area contributed by atoms with E-state index >= 15 is 0 Å². The monoisotopic (exact) mass is 227 g/mol. The van der Waals surface area contributed by atoms with Crippen LogP contribution in [0, 0.1) is 5.95 Å². The normalized spacial score (nSPS) is 11.5. The molecule has 2 nitrogen and oxygen atoms in total. The summed E-state index contributed by atoms with van der Waals surface area (Å²) in [5.74, 6) is -3.49. The van der Waals surface area contributed by atoms with Crippen molar-refractivity contribution in [2.24, 2.45) is 0 Å². The number of ketones is 1. The van der Waals surface area contributed by atoms with Crippen LogP contribution in [-0.4, -0.2) is 16.9 Å². The lowest BCUT2D eigenvalue weighted by molar-refractivity contribution is -0.0885. The second-order valence-corrected chi connectivity index (χ2v) is 2.67. The molecular formula is C7H2ClF4NO. The fraction of sp³-hybridized carbons (Fsp3) is 0.143. The van der Waals surface area contributed by atoms with Crippen LogP contribution in [0.3, 0.4) is 0 Å². The molecule has 1 rings (SSSR count). The largest absolute Gasteiger partial charge is 0.454 e. The van der Waals surface area contributed by atoms with Crippen LogP contribution in [0.15, 0.2) is 12.3 Å². The van der Waals surface area contributed by atoms with Crippen LogP contribution in [0.1, 0.15) is 10.4 Å². The number of aromatic nitrogens is 1. The maximum atomic E-state index is 12.6. The predicted molar refractivity (Wildman–Crippen MR) is 39.6 cm³/mol. The fourth-order valence-electron chi connectivity index (χ4n) is 0.746. The van der Waals surface area contributed by atoms with Crippen LogP contribution in [0.5, 0.6) is 0 Å². The number of alkyl halides is 3. The van der Waals surface area contributed by atoms with Crippen molar-refractivity contribution in [2.75, 3.05) is 0 Å². The van der Waals surface area contributed by atoms with Crippen LogP contribution in [0.25, 0.3) is 0 Å².